The molecule has 4 nitrogen and oxygen atoms in total. The number of rotatable bonds is 5. The van der Waals surface area contributed by atoms with Gasteiger partial charge in [-0.25, -0.2) is 4.79 Å². The first kappa shape index (κ1) is 15.8. The van der Waals surface area contributed by atoms with Crippen molar-refractivity contribution in [3.8, 4) is 0 Å². The molecule has 0 aromatic heterocycles. The molecule has 4 heteroatoms. The molecule has 1 unspecified atom stereocenters. The van der Waals surface area contributed by atoms with Gasteiger partial charge in [-0.15, -0.1) is 0 Å². The molecule has 0 saturated carbocycles. The van der Waals surface area contributed by atoms with E-state index in [1.807, 2.05) is 60.7 Å². The highest BCUT2D eigenvalue weighted by Crippen LogP contribution is 2.20. The van der Waals surface area contributed by atoms with Crippen molar-refractivity contribution in [3.63, 3.8) is 0 Å². The lowest BCUT2D eigenvalue weighted by Gasteiger charge is -2.29. The van der Waals surface area contributed by atoms with Gasteiger partial charge in [0.1, 0.15) is 6.04 Å². The second-order valence-corrected chi connectivity index (χ2v) is 4.95. The van der Waals surface area contributed by atoms with Gasteiger partial charge >= 0.3 is 5.97 Å². The number of ether oxygens (including phenoxy) is 1. The fourth-order valence-corrected chi connectivity index (χ4v) is 2.42. The van der Waals surface area contributed by atoms with Crippen molar-refractivity contribution in [3.05, 3.63) is 66.2 Å². The first-order valence-corrected chi connectivity index (χ1v) is 7.10. The standard InChI is InChI=1S/C18H19NO3/c1-14(20)19(16-11-7-4-8-12-16)17(18(21)22-2)13-15-9-5-3-6-10-15/h3-12,17H,13H2,1-2H3. The molecule has 0 bridgehead atoms. The number of para-hydroxylation sites is 1. The summed E-state index contributed by atoms with van der Waals surface area (Å²) < 4.78 is 4.90. The second-order valence-electron chi connectivity index (χ2n) is 4.95. The molecule has 0 aliphatic rings. The monoisotopic (exact) mass is 297 g/mol. The zero-order valence-corrected chi connectivity index (χ0v) is 12.7. The van der Waals surface area contributed by atoms with Crippen LogP contribution in [0, 0.1) is 0 Å². The summed E-state index contributed by atoms with van der Waals surface area (Å²) in [7, 11) is 1.34. The molecular formula is C18H19NO3. The Hall–Kier alpha value is -2.62. The molecule has 0 spiro atoms. The van der Waals surface area contributed by atoms with E-state index in [1.54, 1.807) is 0 Å². The summed E-state index contributed by atoms with van der Waals surface area (Å²) in [5.74, 6) is -0.625. The molecule has 0 fully saturated rings. The highest BCUT2D eigenvalue weighted by atomic mass is 16.5. The topological polar surface area (TPSA) is 46.6 Å². The van der Waals surface area contributed by atoms with E-state index in [9.17, 15) is 9.59 Å². The predicted octanol–water partition coefficient (Wildman–Crippen LogP) is 2.82. The lowest BCUT2D eigenvalue weighted by Crippen LogP contribution is -2.46. The number of carbonyl (C=O) groups is 2. The number of hydrogen-bond acceptors (Lipinski definition) is 3. The summed E-state index contributed by atoms with van der Waals surface area (Å²) in [5, 5.41) is 0. The van der Waals surface area contributed by atoms with Gasteiger partial charge < -0.3 is 4.74 Å². The SMILES string of the molecule is COC(=O)C(Cc1ccccc1)N(C(C)=O)c1ccccc1. The summed E-state index contributed by atoms with van der Waals surface area (Å²) in [5.41, 5.74) is 1.65. The third-order valence-corrected chi connectivity index (χ3v) is 3.43. The van der Waals surface area contributed by atoms with Crippen molar-refractivity contribution < 1.29 is 14.3 Å². The van der Waals surface area contributed by atoms with E-state index in [2.05, 4.69) is 0 Å². The number of carbonyl (C=O) groups excluding carboxylic acids is 2. The maximum Gasteiger partial charge on any atom is 0.329 e. The fraction of sp³-hybridized carbons (Fsp3) is 0.222. The highest BCUT2D eigenvalue weighted by Gasteiger charge is 2.30. The van der Waals surface area contributed by atoms with Crippen LogP contribution in [0.4, 0.5) is 5.69 Å². The third-order valence-electron chi connectivity index (χ3n) is 3.43. The van der Waals surface area contributed by atoms with Gasteiger partial charge in [0.2, 0.25) is 5.91 Å². The van der Waals surface area contributed by atoms with Crippen LogP contribution in [0.5, 0.6) is 0 Å². The molecule has 22 heavy (non-hydrogen) atoms. The molecule has 2 aromatic carbocycles. The van der Waals surface area contributed by atoms with E-state index in [0.29, 0.717) is 12.1 Å². The van der Waals surface area contributed by atoms with Crippen molar-refractivity contribution in [2.75, 3.05) is 12.0 Å². The number of esters is 1. The maximum absolute atomic E-state index is 12.2. The minimum Gasteiger partial charge on any atom is -0.467 e. The van der Waals surface area contributed by atoms with Gasteiger partial charge in [-0.05, 0) is 17.7 Å². The van der Waals surface area contributed by atoms with Crippen molar-refractivity contribution in [1.82, 2.24) is 0 Å². The Morgan fingerprint density at radius 2 is 1.55 bits per heavy atom. The second kappa shape index (κ2) is 7.41. The Morgan fingerprint density at radius 1 is 1.00 bits per heavy atom. The Bertz CT molecular complexity index is 625. The minimum absolute atomic E-state index is 0.197. The van der Waals surface area contributed by atoms with Crippen LogP contribution in [0.2, 0.25) is 0 Å². The van der Waals surface area contributed by atoms with Crippen LogP contribution in [0.25, 0.3) is 0 Å². The van der Waals surface area contributed by atoms with E-state index in [4.69, 9.17) is 4.74 Å². The predicted molar refractivity (Wildman–Crippen MR) is 85.6 cm³/mol. The molecule has 0 radical (unpaired) electrons. The maximum atomic E-state index is 12.2. The van der Waals surface area contributed by atoms with Crippen LogP contribution in [-0.4, -0.2) is 25.0 Å². The van der Waals surface area contributed by atoms with E-state index < -0.39 is 12.0 Å². The molecule has 0 saturated heterocycles. The van der Waals surface area contributed by atoms with Gasteiger partial charge in [0.25, 0.3) is 0 Å². The van der Waals surface area contributed by atoms with Gasteiger partial charge in [0.05, 0.1) is 7.11 Å². The molecule has 1 amide bonds. The largest absolute Gasteiger partial charge is 0.467 e. The molecule has 114 valence electrons. The molecule has 2 aromatic rings. The van der Waals surface area contributed by atoms with Crippen LogP contribution in [0.15, 0.2) is 60.7 Å². The zero-order chi connectivity index (χ0) is 15.9. The van der Waals surface area contributed by atoms with Gasteiger partial charge in [-0.3, -0.25) is 9.69 Å². The minimum atomic E-state index is -0.688. The summed E-state index contributed by atoms with van der Waals surface area (Å²) >= 11 is 0. The molecule has 1 atom stereocenters. The average Bonchev–Trinajstić information content (AvgIpc) is 2.55. The highest BCUT2D eigenvalue weighted by molar-refractivity contribution is 5.98. The van der Waals surface area contributed by atoms with Gasteiger partial charge in [0.15, 0.2) is 0 Å². The molecule has 2 rings (SSSR count). The first-order valence-electron chi connectivity index (χ1n) is 7.10. The first-order chi connectivity index (χ1) is 10.6. The van der Waals surface area contributed by atoms with E-state index >= 15 is 0 Å². The van der Waals surface area contributed by atoms with Crippen molar-refractivity contribution in [2.45, 2.75) is 19.4 Å². The summed E-state index contributed by atoms with van der Waals surface area (Å²) in [6.07, 6.45) is 0.405. The van der Waals surface area contributed by atoms with E-state index in [-0.39, 0.29) is 5.91 Å². The van der Waals surface area contributed by atoms with E-state index in [1.165, 1.54) is 18.9 Å². The number of anilines is 1. The normalized spacial score (nSPS) is 11.5. The van der Waals surface area contributed by atoms with Crippen LogP contribution >= 0.6 is 0 Å². The van der Waals surface area contributed by atoms with Gasteiger partial charge in [0, 0.05) is 19.0 Å². The smallest absolute Gasteiger partial charge is 0.329 e. The zero-order valence-electron chi connectivity index (χ0n) is 12.7. The lowest BCUT2D eigenvalue weighted by atomic mass is 10.0. The molecule has 0 N–H and O–H groups in total. The Morgan fingerprint density at radius 3 is 2.05 bits per heavy atom. The number of benzene rings is 2. The lowest BCUT2D eigenvalue weighted by molar-refractivity contribution is -0.143. The number of hydrogen-bond donors (Lipinski definition) is 0. The quantitative estimate of drug-likeness (QED) is 0.797. The molecule has 0 aliphatic carbocycles. The number of methoxy groups -OCH3 is 1. The van der Waals surface area contributed by atoms with Gasteiger partial charge in [-0.2, -0.15) is 0 Å². The van der Waals surface area contributed by atoms with Crippen LogP contribution in [0.3, 0.4) is 0 Å². The summed E-state index contributed by atoms with van der Waals surface area (Å²) in [4.78, 5) is 25.8. The molecule has 0 aliphatic heterocycles. The van der Waals surface area contributed by atoms with Crippen molar-refractivity contribution in [1.29, 1.82) is 0 Å². The van der Waals surface area contributed by atoms with Crippen LogP contribution < -0.4 is 4.90 Å². The molecule has 0 heterocycles. The Kier molecular flexibility index (Phi) is 5.31. The summed E-state index contributed by atoms with van der Waals surface area (Å²) in [6, 6.07) is 18.1. The third kappa shape index (κ3) is 3.73. The van der Waals surface area contributed by atoms with Crippen molar-refractivity contribution in [2.24, 2.45) is 0 Å². The Labute approximate surface area is 130 Å². The van der Waals surface area contributed by atoms with Crippen LogP contribution in [0.1, 0.15) is 12.5 Å². The fourth-order valence-electron chi connectivity index (χ4n) is 2.42. The van der Waals surface area contributed by atoms with Crippen molar-refractivity contribution >= 4 is 17.6 Å². The Balaban J connectivity index is 2.37. The van der Waals surface area contributed by atoms with E-state index in [0.717, 1.165) is 5.56 Å². The summed E-state index contributed by atoms with van der Waals surface area (Å²) in [6.45, 7) is 1.45. The van der Waals surface area contributed by atoms with Crippen LogP contribution in [-0.2, 0) is 20.7 Å². The van der Waals surface area contributed by atoms with Gasteiger partial charge in [-0.1, -0.05) is 48.5 Å². The average molecular weight is 297 g/mol. The molecular weight excluding hydrogens is 278 g/mol. The number of amides is 1. The number of nitrogens with zero attached hydrogens (tertiary/aromatic N) is 1.